The monoisotopic (exact) mass is 341 g/mol. The Balaban J connectivity index is 2.13. The van der Waals surface area contributed by atoms with Gasteiger partial charge in [0.25, 0.3) is 15.9 Å². The van der Waals surface area contributed by atoms with Crippen LogP contribution in [0.4, 0.5) is 5.69 Å². The number of rotatable bonds is 4. The van der Waals surface area contributed by atoms with E-state index in [0.717, 1.165) is 0 Å². The molecule has 1 aromatic heterocycles. The molecule has 3 N–H and O–H groups in total. The molecule has 0 unspecified atom stereocenters. The molecule has 0 saturated carbocycles. The van der Waals surface area contributed by atoms with Crippen molar-refractivity contribution in [3.05, 3.63) is 59.9 Å². The summed E-state index contributed by atoms with van der Waals surface area (Å²) in [4.78, 5) is 11.5. The number of nitrogens with two attached hydrogens (primary N) is 1. The summed E-state index contributed by atoms with van der Waals surface area (Å²) in [6, 6.07) is 13.9. The molecule has 120 valence electrons. The summed E-state index contributed by atoms with van der Waals surface area (Å²) in [5.74, 6) is -1.18. The number of benzene rings is 2. The maximum atomic E-state index is 12.6. The highest BCUT2D eigenvalue weighted by Gasteiger charge is 2.24. The second kappa shape index (κ2) is 5.72. The molecule has 24 heavy (non-hydrogen) atoms. The molecule has 1 amide bonds. The summed E-state index contributed by atoms with van der Waals surface area (Å²) in [5.41, 5.74) is 5.77. The van der Waals surface area contributed by atoms with E-state index in [1.807, 2.05) is 6.07 Å². The van der Waals surface area contributed by atoms with Gasteiger partial charge in [-0.25, -0.2) is 8.42 Å². The molecule has 0 spiro atoms. The molecule has 3 rings (SSSR count). The average Bonchev–Trinajstić information content (AvgIpc) is 2.93. The number of hydrogen-bond acceptors (Lipinski definition) is 5. The smallest absolute Gasteiger partial charge is 0.286 e. The van der Waals surface area contributed by atoms with E-state index in [9.17, 15) is 13.2 Å². The fourth-order valence-corrected chi connectivity index (χ4v) is 3.38. The van der Waals surface area contributed by atoms with E-state index >= 15 is 0 Å². The Kier molecular flexibility index (Phi) is 3.71. The van der Waals surface area contributed by atoms with Crippen LogP contribution in [-0.2, 0) is 10.0 Å². The number of carbonyl (C=O) groups excluding carboxylic acids is 1. The zero-order valence-corrected chi connectivity index (χ0v) is 13.0. The number of nitrogens with zero attached hydrogens (tertiary/aromatic N) is 1. The van der Waals surface area contributed by atoms with Crippen molar-refractivity contribution >= 4 is 32.6 Å². The van der Waals surface area contributed by atoms with Gasteiger partial charge in [0.2, 0.25) is 5.76 Å². The second-order valence-corrected chi connectivity index (χ2v) is 6.59. The van der Waals surface area contributed by atoms with Gasteiger partial charge in [-0.05, 0) is 30.3 Å². The standard InChI is InChI=1S/C16H11N3O4S/c17-9-10-4-3-5-11(8-10)24(21,22)19-14-12-6-1-2-7-13(12)23-15(14)16(18)20/h1-8,19H,(H2,18,20). The van der Waals surface area contributed by atoms with Gasteiger partial charge in [0, 0.05) is 5.39 Å². The van der Waals surface area contributed by atoms with Gasteiger partial charge in [0.05, 0.1) is 16.5 Å². The fraction of sp³-hybridized carbons (Fsp3) is 0. The first-order valence-electron chi connectivity index (χ1n) is 6.76. The first-order chi connectivity index (χ1) is 11.4. The van der Waals surface area contributed by atoms with Crippen molar-refractivity contribution in [3.8, 4) is 6.07 Å². The van der Waals surface area contributed by atoms with Crippen molar-refractivity contribution in [2.75, 3.05) is 4.72 Å². The van der Waals surface area contributed by atoms with E-state index in [1.54, 1.807) is 24.3 Å². The number of hydrogen-bond donors (Lipinski definition) is 2. The first-order valence-corrected chi connectivity index (χ1v) is 8.25. The zero-order valence-electron chi connectivity index (χ0n) is 12.2. The molecule has 7 nitrogen and oxygen atoms in total. The normalized spacial score (nSPS) is 11.1. The van der Waals surface area contributed by atoms with Gasteiger partial charge in [-0.15, -0.1) is 0 Å². The molecule has 0 atom stereocenters. The summed E-state index contributed by atoms with van der Waals surface area (Å²) in [7, 11) is -4.03. The molecule has 0 aliphatic carbocycles. The van der Waals surface area contributed by atoms with Gasteiger partial charge in [-0.1, -0.05) is 18.2 Å². The van der Waals surface area contributed by atoms with Gasteiger partial charge in [0.1, 0.15) is 11.3 Å². The summed E-state index contributed by atoms with van der Waals surface area (Å²) in [5, 5.41) is 9.31. The lowest BCUT2D eigenvalue weighted by Crippen LogP contribution is -2.17. The maximum absolute atomic E-state index is 12.6. The van der Waals surface area contributed by atoms with Crippen LogP contribution in [0.2, 0.25) is 0 Å². The van der Waals surface area contributed by atoms with Gasteiger partial charge < -0.3 is 10.2 Å². The van der Waals surface area contributed by atoms with E-state index in [2.05, 4.69) is 4.72 Å². The number of nitriles is 1. The third-order valence-corrected chi connectivity index (χ3v) is 4.68. The second-order valence-electron chi connectivity index (χ2n) is 4.91. The van der Waals surface area contributed by atoms with Crippen molar-refractivity contribution in [2.24, 2.45) is 5.73 Å². The van der Waals surface area contributed by atoms with Crippen molar-refractivity contribution in [3.63, 3.8) is 0 Å². The summed E-state index contributed by atoms with van der Waals surface area (Å²) in [6.07, 6.45) is 0. The number of nitrogens with one attached hydrogen (secondary N) is 1. The minimum Gasteiger partial charge on any atom is -0.449 e. The third kappa shape index (κ3) is 2.68. The number of amides is 1. The van der Waals surface area contributed by atoms with Crippen LogP contribution in [-0.4, -0.2) is 14.3 Å². The topological polar surface area (TPSA) is 126 Å². The Morgan fingerprint density at radius 1 is 1.17 bits per heavy atom. The molecule has 8 heteroatoms. The molecular formula is C16H11N3O4S. The number of fused-ring (bicyclic) bond motifs is 1. The predicted octanol–water partition coefficient (Wildman–Crippen LogP) is 2.20. The molecule has 0 radical (unpaired) electrons. The molecule has 0 aliphatic heterocycles. The van der Waals surface area contributed by atoms with Crippen LogP contribution in [0.15, 0.2) is 57.8 Å². The molecule has 0 aliphatic rings. The number of sulfonamides is 1. The van der Waals surface area contributed by atoms with Crippen LogP contribution in [0, 0.1) is 11.3 Å². The molecular weight excluding hydrogens is 330 g/mol. The van der Waals surface area contributed by atoms with Crippen LogP contribution in [0.25, 0.3) is 11.0 Å². The molecule has 0 saturated heterocycles. The Hall–Kier alpha value is -3.31. The minimum absolute atomic E-state index is 0.0274. The fourth-order valence-electron chi connectivity index (χ4n) is 2.25. The first kappa shape index (κ1) is 15.6. The van der Waals surface area contributed by atoms with Crippen LogP contribution >= 0.6 is 0 Å². The van der Waals surface area contributed by atoms with Crippen molar-refractivity contribution in [1.82, 2.24) is 0 Å². The van der Waals surface area contributed by atoms with Crippen LogP contribution < -0.4 is 10.5 Å². The van der Waals surface area contributed by atoms with E-state index in [0.29, 0.717) is 11.0 Å². The van der Waals surface area contributed by atoms with E-state index < -0.39 is 15.9 Å². The maximum Gasteiger partial charge on any atom is 0.286 e. The zero-order chi connectivity index (χ0) is 17.3. The quantitative estimate of drug-likeness (QED) is 0.752. The lowest BCUT2D eigenvalue weighted by molar-refractivity contribution is 0.0977. The van der Waals surface area contributed by atoms with Gasteiger partial charge in [0.15, 0.2) is 0 Å². The Morgan fingerprint density at radius 2 is 1.92 bits per heavy atom. The number of carbonyl (C=O) groups is 1. The highest BCUT2D eigenvalue weighted by molar-refractivity contribution is 7.92. The Bertz CT molecular complexity index is 1090. The number of furan rings is 1. The van der Waals surface area contributed by atoms with E-state index in [-0.39, 0.29) is 21.9 Å². The third-order valence-electron chi connectivity index (χ3n) is 3.33. The summed E-state index contributed by atoms with van der Waals surface area (Å²) in [6.45, 7) is 0. The molecule has 0 bridgehead atoms. The van der Waals surface area contributed by atoms with E-state index in [4.69, 9.17) is 15.4 Å². The summed E-state index contributed by atoms with van der Waals surface area (Å²) < 4.78 is 32.8. The number of primary amides is 1. The number of anilines is 1. The molecule has 1 heterocycles. The highest BCUT2D eigenvalue weighted by atomic mass is 32.2. The highest BCUT2D eigenvalue weighted by Crippen LogP contribution is 2.32. The van der Waals surface area contributed by atoms with Crippen molar-refractivity contribution < 1.29 is 17.6 Å². The lowest BCUT2D eigenvalue weighted by atomic mass is 10.2. The van der Waals surface area contributed by atoms with E-state index in [1.165, 1.54) is 24.3 Å². The van der Waals surface area contributed by atoms with Crippen molar-refractivity contribution in [1.29, 1.82) is 5.26 Å². The Labute approximate surface area is 137 Å². The minimum atomic E-state index is -4.03. The Morgan fingerprint density at radius 3 is 2.62 bits per heavy atom. The van der Waals surface area contributed by atoms with Gasteiger partial charge >= 0.3 is 0 Å². The average molecular weight is 341 g/mol. The summed E-state index contributed by atoms with van der Waals surface area (Å²) >= 11 is 0. The molecule has 2 aromatic carbocycles. The SMILES string of the molecule is N#Cc1cccc(S(=O)(=O)Nc2c(C(N)=O)oc3ccccc23)c1. The van der Waals surface area contributed by atoms with Crippen LogP contribution in [0.3, 0.4) is 0 Å². The number of para-hydroxylation sites is 1. The van der Waals surface area contributed by atoms with Crippen molar-refractivity contribution in [2.45, 2.75) is 4.90 Å². The molecule has 0 fully saturated rings. The van der Waals surface area contributed by atoms with Crippen LogP contribution in [0.5, 0.6) is 0 Å². The molecule has 3 aromatic rings. The predicted molar refractivity (Wildman–Crippen MR) is 86.7 cm³/mol. The van der Waals surface area contributed by atoms with Crippen LogP contribution in [0.1, 0.15) is 16.1 Å². The largest absolute Gasteiger partial charge is 0.449 e. The van der Waals surface area contributed by atoms with Gasteiger partial charge in [-0.2, -0.15) is 5.26 Å². The lowest BCUT2D eigenvalue weighted by Gasteiger charge is -2.08. The van der Waals surface area contributed by atoms with Gasteiger partial charge in [-0.3, -0.25) is 9.52 Å².